The standard InChI is InChI=1S/C13H23N3S/c1-5-12(10-17-4)16(3)13-6-7-15-11(8-13)9-14-2/h6-8,12,14H,5,9-10H2,1-4H3. The number of anilines is 1. The molecule has 0 fully saturated rings. The molecule has 0 radical (unpaired) electrons. The molecule has 1 rings (SSSR count). The highest BCUT2D eigenvalue weighted by Crippen LogP contribution is 2.19. The lowest BCUT2D eigenvalue weighted by atomic mass is 10.2. The van der Waals surface area contributed by atoms with Gasteiger partial charge in [-0.3, -0.25) is 4.98 Å². The summed E-state index contributed by atoms with van der Waals surface area (Å²) in [4.78, 5) is 6.71. The van der Waals surface area contributed by atoms with Crippen molar-refractivity contribution in [1.29, 1.82) is 0 Å². The Kier molecular flexibility index (Phi) is 6.37. The first-order valence-electron chi connectivity index (χ1n) is 6.04. The average molecular weight is 253 g/mol. The van der Waals surface area contributed by atoms with E-state index < -0.39 is 0 Å². The second kappa shape index (κ2) is 7.56. The van der Waals surface area contributed by atoms with Crippen LogP contribution in [-0.4, -0.2) is 37.1 Å². The van der Waals surface area contributed by atoms with E-state index in [4.69, 9.17) is 0 Å². The molecule has 1 heterocycles. The zero-order valence-electron chi connectivity index (χ0n) is 11.2. The Bertz CT molecular complexity index is 330. The SMILES string of the molecule is CCC(CSC)N(C)c1ccnc(CNC)c1. The van der Waals surface area contributed by atoms with Crippen molar-refractivity contribution >= 4 is 17.4 Å². The van der Waals surface area contributed by atoms with Crippen molar-refractivity contribution in [1.82, 2.24) is 10.3 Å². The zero-order valence-corrected chi connectivity index (χ0v) is 12.0. The van der Waals surface area contributed by atoms with Gasteiger partial charge in [0.25, 0.3) is 0 Å². The van der Waals surface area contributed by atoms with Crippen LogP contribution >= 0.6 is 11.8 Å². The van der Waals surface area contributed by atoms with Gasteiger partial charge in [-0.1, -0.05) is 6.92 Å². The molecular formula is C13H23N3S. The smallest absolute Gasteiger partial charge is 0.0562 e. The predicted octanol–water partition coefficient (Wildman–Crippen LogP) is 2.38. The van der Waals surface area contributed by atoms with Gasteiger partial charge in [0, 0.05) is 37.3 Å². The maximum atomic E-state index is 4.35. The Morgan fingerprint density at radius 3 is 2.88 bits per heavy atom. The lowest BCUT2D eigenvalue weighted by Gasteiger charge is -2.29. The van der Waals surface area contributed by atoms with E-state index in [1.54, 1.807) is 0 Å². The fourth-order valence-electron chi connectivity index (χ4n) is 1.87. The molecule has 0 aliphatic carbocycles. The van der Waals surface area contributed by atoms with Gasteiger partial charge < -0.3 is 10.2 Å². The largest absolute Gasteiger partial charge is 0.371 e. The quantitative estimate of drug-likeness (QED) is 0.807. The third-order valence-electron chi connectivity index (χ3n) is 2.94. The predicted molar refractivity (Wildman–Crippen MR) is 77.9 cm³/mol. The topological polar surface area (TPSA) is 28.2 Å². The Hall–Kier alpha value is -0.740. The molecule has 0 aliphatic heterocycles. The number of rotatable bonds is 7. The van der Waals surface area contributed by atoms with Crippen LogP contribution < -0.4 is 10.2 Å². The van der Waals surface area contributed by atoms with Crippen LogP contribution in [0.25, 0.3) is 0 Å². The fourth-order valence-corrected chi connectivity index (χ4v) is 2.71. The van der Waals surface area contributed by atoms with Crippen LogP contribution in [0.4, 0.5) is 5.69 Å². The van der Waals surface area contributed by atoms with Crippen molar-refractivity contribution in [2.45, 2.75) is 25.9 Å². The second-order valence-corrected chi connectivity index (χ2v) is 5.07. The Labute approximate surface area is 109 Å². The highest BCUT2D eigenvalue weighted by atomic mass is 32.2. The van der Waals surface area contributed by atoms with Gasteiger partial charge in [0.05, 0.1) is 5.69 Å². The summed E-state index contributed by atoms with van der Waals surface area (Å²) in [6.45, 7) is 3.06. The second-order valence-electron chi connectivity index (χ2n) is 4.16. The number of aromatic nitrogens is 1. The van der Waals surface area contributed by atoms with E-state index in [9.17, 15) is 0 Å². The molecular weight excluding hydrogens is 230 g/mol. The molecule has 96 valence electrons. The highest BCUT2D eigenvalue weighted by Gasteiger charge is 2.13. The molecule has 0 spiro atoms. The van der Waals surface area contributed by atoms with Crippen LogP contribution in [0.15, 0.2) is 18.3 Å². The Balaban J connectivity index is 2.79. The summed E-state index contributed by atoms with van der Waals surface area (Å²) in [6.07, 6.45) is 5.22. The van der Waals surface area contributed by atoms with Crippen LogP contribution in [0.1, 0.15) is 19.0 Å². The number of nitrogens with zero attached hydrogens (tertiary/aromatic N) is 2. The van der Waals surface area contributed by atoms with E-state index in [0.717, 1.165) is 18.0 Å². The fraction of sp³-hybridized carbons (Fsp3) is 0.615. The van der Waals surface area contributed by atoms with Crippen molar-refractivity contribution in [2.24, 2.45) is 0 Å². The molecule has 0 saturated carbocycles. The van der Waals surface area contributed by atoms with Crippen molar-refractivity contribution in [3.63, 3.8) is 0 Å². The van der Waals surface area contributed by atoms with Gasteiger partial charge in [-0.2, -0.15) is 11.8 Å². The summed E-state index contributed by atoms with van der Waals surface area (Å²) in [6, 6.07) is 4.84. The van der Waals surface area contributed by atoms with Gasteiger partial charge in [-0.25, -0.2) is 0 Å². The third kappa shape index (κ3) is 4.21. The van der Waals surface area contributed by atoms with Gasteiger partial charge in [-0.05, 0) is 31.9 Å². The molecule has 0 aliphatic rings. The Morgan fingerprint density at radius 1 is 1.53 bits per heavy atom. The average Bonchev–Trinajstić information content (AvgIpc) is 2.36. The van der Waals surface area contributed by atoms with Gasteiger partial charge in [-0.15, -0.1) is 0 Å². The molecule has 4 heteroatoms. The van der Waals surface area contributed by atoms with Crippen molar-refractivity contribution in [3.8, 4) is 0 Å². The minimum atomic E-state index is 0.592. The first-order chi connectivity index (χ1) is 8.22. The van der Waals surface area contributed by atoms with Gasteiger partial charge in [0.1, 0.15) is 0 Å². The molecule has 0 amide bonds. The van der Waals surface area contributed by atoms with Crippen molar-refractivity contribution < 1.29 is 0 Å². The lowest BCUT2D eigenvalue weighted by Crippen LogP contribution is -2.33. The minimum absolute atomic E-state index is 0.592. The van der Waals surface area contributed by atoms with Crippen LogP contribution in [0, 0.1) is 0 Å². The van der Waals surface area contributed by atoms with E-state index >= 15 is 0 Å². The van der Waals surface area contributed by atoms with Gasteiger partial charge in [0.15, 0.2) is 0 Å². The summed E-state index contributed by atoms with van der Waals surface area (Å²) in [5, 5.41) is 3.13. The number of hydrogen-bond donors (Lipinski definition) is 1. The summed E-state index contributed by atoms with van der Waals surface area (Å²) in [5.41, 5.74) is 2.35. The lowest BCUT2D eigenvalue weighted by molar-refractivity contribution is 0.671. The molecule has 1 atom stereocenters. The van der Waals surface area contributed by atoms with E-state index in [1.165, 1.54) is 12.1 Å². The normalized spacial score (nSPS) is 12.5. The third-order valence-corrected chi connectivity index (χ3v) is 3.66. The Morgan fingerprint density at radius 2 is 2.29 bits per heavy atom. The van der Waals surface area contributed by atoms with Gasteiger partial charge in [0.2, 0.25) is 0 Å². The summed E-state index contributed by atoms with van der Waals surface area (Å²) in [7, 11) is 4.11. The van der Waals surface area contributed by atoms with Crippen LogP contribution in [-0.2, 0) is 6.54 Å². The molecule has 3 nitrogen and oxygen atoms in total. The van der Waals surface area contributed by atoms with Crippen LogP contribution in [0.5, 0.6) is 0 Å². The van der Waals surface area contributed by atoms with E-state index in [-0.39, 0.29) is 0 Å². The molecule has 1 N–H and O–H groups in total. The molecule has 0 bridgehead atoms. The monoisotopic (exact) mass is 253 g/mol. The first-order valence-corrected chi connectivity index (χ1v) is 7.43. The molecule has 0 saturated heterocycles. The van der Waals surface area contributed by atoms with E-state index in [1.807, 2.05) is 25.0 Å². The minimum Gasteiger partial charge on any atom is -0.371 e. The van der Waals surface area contributed by atoms with Crippen molar-refractivity contribution in [2.75, 3.05) is 31.0 Å². The molecule has 1 aromatic heterocycles. The van der Waals surface area contributed by atoms with Crippen LogP contribution in [0.2, 0.25) is 0 Å². The van der Waals surface area contributed by atoms with E-state index in [2.05, 4.69) is 47.6 Å². The van der Waals surface area contributed by atoms with Gasteiger partial charge >= 0.3 is 0 Å². The first kappa shape index (κ1) is 14.3. The van der Waals surface area contributed by atoms with E-state index in [0.29, 0.717) is 6.04 Å². The summed E-state index contributed by atoms with van der Waals surface area (Å²) >= 11 is 1.90. The maximum absolute atomic E-state index is 4.35. The van der Waals surface area contributed by atoms with Crippen LogP contribution in [0.3, 0.4) is 0 Å². The number of pyridine rings is 1. The number of thioether (sulfide) groups is 1. The molecule has 17 heavy (non-hydrogen) atoms. The van der Waals surface area contributed by atoms with Crippen molar-refractivity contribution in [3.05, 3.63) is 24.0 Å². The molecule has 1 aromatic rings. The highest BCUT2D eigenvalue weighted by molar-refractivity contribution is 7.98. The number of hydrogen-bond acceptors (Lipinski definition) is 4. The summed E-state index contributed by atoms with van der Waals surface area (Å²) < 4.78 is 0. The molecule has 1 unspecified atom stereocenters. The maximum Gasteiger partial charge on any atom is 0.0562 e. The number of nitrogens with one attached hydrogen (secondary N) is 1. The molecule has 0 aromatic carbocycles. The zero-order chi connectivity index (χ0) is 12.7. The summed E-state index contributed by atoms with van der Waals surface area (Å²) in [5.74, 6) is 1.16.